The molecule has 0 aliphatic rings. The van der Waals surface area contributed by atoms with Crippen LogP contribution in [0.5, 0.6) is 0 Å². The normalized spacial score (nSPS) is 11.9. The minimum absolute atomic E-state index is 0.219. The van der Waals surface area contributed by atoms with Gasteiger partial charge in [-0.1, -0.05) is 6.07 Å². The van der Waals surface area contributed by atoms with E-state index in [1.54, 1.807) is 18.4 Å². The number of amides is 1. The summed E-state index contributed by atoms with van der Waals surface area (Å²) in [4.78, 5) is 11.8. The molecule has 1 amide bonds. The van der Waals surface area contributed by atoms with E-state index in [0.717, 1.165) is 5.56 Å². The lowest BCUT2D eigenvalue weighted by molar-refractivity contribution is 0.0957. The Morgan fingerprint density at radius 3 is 2.76 bits per heavy atom. The first-order chi connectivity index (χ1) is 8.04. The smallest absolute Gasteiger partial charge is 0.253 e. The van der Waals surface area contributed by atoms with Gasteiger partial charge in [0.2, 0.25) is 0 Å². The molecular formula is C11H17N3O2S. The van der Waals surface area contributed by atoms with Crippen molar-refractivity contribution in [2.45, 2.75) is 6.92 Å². The van der Waals surface area contributed by atoms with Crippen molar-refractivity contribution in [2.75, 3.05) is 24.0 Å². The SMILES string of the molecule is Cc1ccc(C(=O)NCCS(C)=O)c(NN)c1. The molecule has 94 valence electrons. The molecule has 4 N–H and O–H groups in total. The van der Waals surface area contributed by atoms with Crippen LogP contribution < -0.4 is 16.6 Å². The molecule has 5 nitrogen and oxygen atoms in total. The Morgan fingerprint density at radius 1 is 1.47 bits per heavy atom. The third-order valence-electron chi connectivity index (χ3n) is 2.25. The fourth-order valence-electron chi connectivity index (χ4n) is 1.38. The lowest BCUT2D eigenvalue weighted by atomic mass is 10.1. The van der Waals surface area contributed by atoms with Crippen LogP contribution in [0.4, 0.5) is 5.69 Å². The van der Waals surface area contributed by atoms with E-state index < -0.39 is 10.8 Å². The molecular weight excluding hydrogens is 238 g/mol. The number of anilines is 1. The molecule has 1 rings (SSSR count). The molecule has 1 aromatic carbocycles. The molecule has 1 unspecified atom stereocenters. The van der Waals surface area contributed by atoms with Gasteiger partial charge in [0.25, 0.3) is 5.91 Å². The molecule has 0 saturated carbocycles. The van der Waals surface area contributed by atoms with E-state index in [1.165, 1.54) is 0 Å². The van der Waals surface area contributed by atoms with Gasteiger partial charge in [0.15, 0.2) is 0 Å². The topological polar surface area (TPSA) is 84.2 Å². The van der Waals surface area contributed by atoms with E-state index in [1.807, 2.05) is 13.0 Å². The molecule has 1 atom stereocenters. The molecule has 0 aliphatic heterocycles. The number of carbonyl (C=O) groups is 1. The average Bonchev–Trinajstić information content (AvgIpc) is 2.28. The van der Waals surface area contributed by atoms with Gasteiger partial charge in [-0.3, -0.25) is 14.8 Å². The maximum absolute atomic E-state index is 11.8. The zero-order valence-corrected chi connectivity index (χ0v) is 10.8. The molecule has 0 bridgehead atoms. The number of nitrogens with one attached hydrogen (secondary N) is 2. The summed E-state index contributed by atoms with van der Waals surface area (Å²) in [5.74, 6) is 5.58. The van der Waals surface area contributed by atoms with Crippen molar-refractivity contribution < 1.29 is 9.00 Å². The van der Waals surface area contributed by atoms with Crippen molar-refractivity contribution in [3.05, 3.63) is 29.3 Å². The standard InChI is InChI=1S/C11H17N3O2S/c1-8-3-4-9(10(7-8)14-12)11(15)13-5-6-17(2)16/h3-4,7,14H,5-6,12H2,1-2H3,(H,13,15). The van der Waals surface area contributed by atoms with E-state index in [2.05, 4.69) is 10.7 Å². The highest BCUT2D eigenvalue weighted by Gasteiger charge is 2.10. The minimum Gasteiger partial charge on any atom is -0.351 e. The van der Waals surface area contributed by atoms with Crippen LogP contribution in [0, 0.1) is 6.92 Å². The minimum atomic E-state index is -0.904. The maximum Gasteiger partial charge on any atom is 0.253 e. The Hall–Kier alpha value is -1.40. The van der Waals surface area contributed by atoms with Crippen molar-refractivity contribution >= 4 is 22.4 Å². The summed E-state index contributed by atoms with van der Waals surface area (Å²) >= 11 is 0. The Bertz CT molecular complexity index is 435. The second kappa shape index (κ2) is 6.36. The average molecular weight is 255 g/mol. The van der Waals surface area contributed by atoms with Crippen LogP contribution in [0.3, 0.4) is 0 Å². The molecule has 0 saturated heterocycles. The first kappa shape index (κ1) is 13.7. The maximum atomic E-state index is 11.8. The lowest BCUT2D eigenvalue weighted by Gasteiger charge is -2.10. The van der Waals surface area contributed by atoms with E-state index in [0.29, 0.717) is 23.5 Å². The number of hydrogen-bond acceptors (Lipinski definition) is 4. The van der Waals surface area contributed by atoms with Crippen LogP contribution in [0.15, 0.2) is 18.2 Å². The largest absolute Gasteiger partial charge is 0.351 e. The van der Waals surface area contributed by atoms with E-state index in [4.69, 9.17) is 5.84 Å². The van der Waals surface area contributed by atoms with Gasteiger partial charge in [-0.25, -0.2) is 0 Å². The summed E-state index contributed by atoms with van der Waals surface area (Å²) in [5.41, 5.74) is 4.58. The second-order valence-corrected chi connectivity index (χ2v) is 5.28. The highest BCUT2D eigenvalue weighted by Crippen LogP contribution is 2.16. The number of benzene rings is 1. The highest BCUT2D eigenvalue weighted by molar-refractivity contribution is 7.84. The third kappa shape index (κ3) is 4.16. The number of carbonyl (C=O) groups excluding carboxylic acids is 1. The van der Waals surface area contributed by atoms with E-state index >= 15 is 0 Å². The predicted octanol–water partition coefficient (Wildman–Crippen LogP) is 0.389. The number of aryl methyl sites for hydroxylation is 1. The number of rotatable bonds is 5. The Kier molecular flexibility index (Phi) is 5.11. The summed E-state index contributed by atoms with van der Waals surface area (Å²) in [6.07, 6.45) is 1.60. The lowest BCUT2D eigenvalue weighted by Crippen LogP contribution is -2.28. The molecule has 0 radical (unpaired) electrons. The van der Waals surface area contributed by atoms with Crippen LogP contribution in [0.1, 0.15) is 15.9 Å². The Morgan fingerprint density at radius 2 is 2.18 bits per heavy atom. The van der Waals surface area contributed by atoms with Gasteiger partial charge >= 0.3 is 0 Å². The van der Waals surface area contributed by atoms with Crippen molar-refractivity contribution in [3.8, 4) is 0 Å². The molecule has 0 aliphatic carbocycles. The van der Waals surface area contributed by atoms with Gasteiger partial charge in [-0.2, -0.15) is 0 Å². The number of hydrogen-bond donors (Lipinski definition) is 3. The quantitative estimate of drug-likeness (QED) is 0.525. The summed E-state index contributed by atoms with van der Waals surface area (Å²) < 4.78 is 10.9. The fraction of sp³-hybridized carbons (Fsp3) is 0.364. The van der Waals surface area contributed by atoms with Gasteiger partial charge in [0.1, 0.15) is 0 Å². The van der Waals surface area contributed by atoms with E-state index in [-0.39, 0.29) is 5.91 Å². The molecule has 0 spiro atoms. The monoisotopic (exact) mass is 255 g/mol. The van der Waals surface area contributed by atoms with Crippen molar-refractivity contribution in [2.24, 2.45) is 5.84 Å². The van der Waals surface area contributed by atoms with Gasteiger partial charge in [-0.15, -0.1) is 0 Å². The van der Waals surface area contributed by atoms with E-state index in [9.17, 15) is 9.00 Å². The molecule has 1 aromatic rings. The molecule has 17 heavy (non-hydrogen) atoms. The number of nitrogens with two attached hydrogens (primary N) is 1. The van der Waals surface area contributed by atoms with Crippen LogP contribution in [-0.4, -0.2) is 28.7 Å². The van der Waals surface area contributed by atoms with Crippen LogP contribution in [0.25, 0.3) is 0 Å². The Labute approximate surface area is 103 Å². The first-order valence-corrected chi connectivity index (χ1v) is 6.93. The second-order valence-electron chi connectivity index (χ2n) is 3.73. The fourth-order valence-corrected chi connectivity index (χ4v) is 1.77. The van der Waals surface area contributed by atoms with Crippen molar-refractivity contribution in [1.82, 2.24) is 5.32 Å². The molecule has 0 aromatic heterocycles. The number of hydrazine groups is 1. The highest BCUT2D eigenvalue weighted by atomic mass is 32.2. The van der Waals surface area contributed by atoms with Crippen LogP contribution in [0.2, 0.25) is 0 Å². The van der Waals surface area contributed by atoms with Gasteiger partial charge in [0, 0.05) is 29.4 Å². The number of nitrogen functional groups attached to an aromatic ring is 1. The van der Waals surface area contributed by atoms with Crippen LogP contribution in [-0.2, 0) is 10.8 Å². The van der Waals surface area contributed by atoms with Crippen molar-refractivity contribution in [3.63, 3.8) is 0 Å². The molecule has 6 heteroatoms. The summed E-state index contributed by atoms with van der Waals surface area (Å²) in [6.45, 7) is 2.31. The molecule has 0 heterocycles. The summed E-state index contributed by atoms with van der Waals surface area (Å²) in [7, 11) is -0.904. The molecule has 0 fully saturated rings. The Balaban J connectivity index is 2.71. The predicted molar refractivity (Wildman–Crippen MR) is 70.3 cm³/mol. The zero-order valence-electron chi connectivity index (χ0n) is 9.95. The van der Waals surface area contributed by atoms with Gasteiger partial charge in [0.05, 0.1) is 11.3 Å². The van der Waals surface area contributed by atoms with Gasteiger partial charge in [-0.05, 0) is 24.6 Å². The third-order valence-corrected chi connectivity index (χ3v) is 3.03. The van der Waals surface area contributed by atoms with Crippen LogP contribution >= 0.6 is 0 Å². The summed E-state index contributed by atoms with van der Waals surface area (Å²) in [6, 6.07) is 5.35. The van der Waals surface area contributed by atoms with Gasteiger partial charge < -0.3 is 10.7 Å². The zero-order chi connectivity index (χ0) is 12.8. The van der Waals surface area contributed by atoms with Crippen molar-refractivity contribution in [1.29, 1.82) is 0 Å². The summed E-state index contributed by atoms with van der Waals surface area (Å²) in [5, 5.41) is 2.70. The first-order valence-electron chi connectivity index (χ1n) is 5.20.